The van der Waals surface area contributed by atoms with Crippen LogP contribution in [0.3, 0.4) is 0 Å². The molecule has 32 heavy (non-hydrogen) atoms. The van der Waals surface area contributed by atoms with Crippen molar-refractivity contribution in [2.45, 2.75) is 26.1 Å². The minimum atomic E-state index is -1.17. The molecule has 2 aliphatic heterocycles. The zero-order chi connectivity index (χ0) is 22.5. The molecule has 0 saturated carbocycles. The second-order valence-electron chi connectivity index (χ2n) is 7.13. The molecule has 0 aliphatic carbocycles. The molecule has 2 aromatic heterocycles. The van der Waals surface area contributed by atoms with Gasteiger partial charge >= 0.3 is 11.9 Å². The summed E-state index contributed by atoms with van der Waals surface area (Å²) in [5, 5.41) is 15.7. The van der Waals surface area contributed by atoms with Gasteiger partial charge in [-0.2, -0.15) is 0 Å². The highest BCUT2D eigenvalue weighted by Crippen LogP contribution is 2.26. The van der Waals surface area contributed by atoms with Crippen molar-refractivity contribution in [3.8, 4) is 0 Å². The van der Waals surface area contributed by atoms with Crippen LogP contribution in [0.4, 0.5) is 0 Å². The van der Waals surface area contributed by atoms with Crippen LogP contribution in [0.1, 0.15) is 35.7 Å². The van der Waals surface area contributed by atoms with Crippen molar-refractivity contribution in [1.82, 2.24) is 20.9 Å². The molecule has 12 heteroatoms. The van der Waals surface area contributed by atoms with Gasteiger partial charge in [-0.3, -0.25) is 0 Å². The normalized spacial score (nSPS) is 16.9. The van der Waals surface area contributed by atoms with Crippen molar-refractivity contribution in [2.75, 3.05) is 26.2 Å². The Labute approximate surface area is 192 Å². The van der Waals surface area contributed by atoms with E-state index in [0.29, 0.717) is 47.4 Å². The molecule has 0 amide bonds. The van der Waals surface area contributed by atoms with E-state index < -0.39 is 11.9 Å². The number of nitrogens with one attached hydrogen (secondary N) is 2. The third-order valence-electron chi connectivity index (χ3n) is 4.89. The van der Waals surface area contributed by atoms with E-state index in [1.165, 1.54) is 0 Å². The van der Waals surface area contributed by atoms with Gasteiger partial charge in [-0.25, -0.2) is 9.59 Å². The van der Waals surface area contributed by atoms with Crippen LogP contribution in [-0.4, -0.2) is 48.4 Å². The summed E-state index contributed by atoms with van der Waals surface area (Å²) in [5.74, 6) is -1.78. The number of carbonyl (C=O) groups is 2. The van der Waals surface area contributed by atoms with E-state index in [1.807, 2.05) is 0 Å². The predicted molar refractivity (Wildman–Crippen MR) is 113 cm³/mol. The molecule has 4 rings (SSSR count). The fraction of sp³-hybridized carbons (Fsp3) is 0.400. The lowest BCUT2D eigenvalue weighted by atomic mass is 10.1. The molecule has 0 saturated heterocycles. The molecule has 0 unspecified atom stereocenters. The molecule has 2 aromatic rings. The van der Waals surface area contributed by atoms with Crippen molar-refractivity contribution in [3.05, 3.63) is 45.1 Å². The molecular formula is C20H20Cl2N4O6. The van der Waals surface area contributed by atoms with Crippen molar-refractivity contribution in [2.24, 2.45) is 0 Å². The molecule has 0 aromatic carbocycles. The summed E-state index contributed by atoms with van der Waals surface area (Å²) >= 11 is 12.4. The van der Waals surface area contributed by atoms with E-state index >= 15 is 0 Å². The van der Waals surface area contributed by atoms with Gasteiger partial charge in [0.2, 0.25) is 0 Å². The van der Waals surface area contributed by atoms with Crippen LogP contribution in [0, 0.1) is 0 Å². The van der Waals surface area contributed by atoms with Crippen LogP contribution in [0.5, 0.6) is 0 Å². The van der Waals surface area contributed by atoms with Crippen molar-refractivity contribution in [3.63, 3.8) is 0 Å². The Hall–Kier alpha value is -2.66. The van der Waals surface area contributed by atoms with Crippen LogP contribution in [0.25, 0.3) is 11.1 Å². The van der Waals surface area contributed by atoms with Gasteiger partial charge in [0.25, 0.3) is 0 Å². The van der Waals surface area contributed by atoms with E-state index in [-0.39, 0.29) is 24.7 Å². The van der Waals surface area contributed by atoms with Gasteiger partial charge in [0.1, 0.15) is 11.4 Å². The van der Waals surface area contributed by atoms with Gasteiger partial charge in [-0.1, -0.05) is 33.5 Å². The molecule has 10 nitrogen and oxygen atoms in total. The second-order valence-corrected chi connectivity index (χ2v) is 8.04. The van der Waals surface area contributed by atoms with E-state index in [2.05, 4.69) is 20.9 Å². The Balaban J connectivity index is 1.26. The minimum absolute atomic E-state index is 0.272. The number of carbonyl (C=O) groups excluding carboxylic acids is 2. The second kappa shape index (κ2) is 10.3. The maximum Gasteiger partial charge on any atom is 0.417 e. The van der Waals surface area contributed by atoms with Crippen LogP contribution in [-0.2, 0) is 32.3 Å². The summed E-state index contributed by atoms with van der Waals surface area (Å²) in [6, 6.07) is 3.22. The molecule has 0 atom stereocenters. The number of rotatable bonds is 6. The maximum atomic E-state index is 11.9. The molecule has 2 aliphatic rings. The number of aromatic nitrogens is 2. The lowest BCUT2D eigenvalue weighted by Gasteiger charge is -2.14. The summed E-state index contributed by atoms with van der Waals surface area (Å²) in [7, 11) is 0. The molecule has 0 fully saturated rings. The molecule has 2 N–H and O–H groups in total. The third-order valence-corrected chi connectivity index (χ3v) is 5.73. The number of halogens is 2. The van der Waals surface area contributed by atoms with Crippen LogP contribution in [0.15, 0.2) is 31.2 Å². The Kier molecular flexibility index (Phi) is 7.26. The van der Waals surface area contributed by atoms with Crippen molar-refractivity contribution < 1.29 is 28.1 Å². The van der Waals surface area contributed by atoms with Gasteiger partial charge in [-0.15, -0.1) is 0 Å². The first kappa shape index (κ1) is 22.5. The number of hydrogen-bond donors (Lipinski definition) is 2. The summed E-state index contributed by atoms with van der Waals surface area (Å²) in [6.07, 6.45) is 1.40. The number of hydrogen-bond acceptors (Lipinski definition) is 10. The Morgan fingerprint density at radius 3 is 1.69 bits per heavy atom. The van der Waals surface area contributed by atoms with E-state index in [1.54, 1.807) is 12.1 Å². The summed E-state index contributed by atoms with van der Waals surface area (Å²) in [5.41, 5.74) is 2.76. The molecule has 170 valence electrons. The maximum absolute atomic E-state index is 11.9. The highest BCUT2D eigenvalue weighted by atomic mass is 35.5. The summed E-state index contributed by atoms with van der Waals surface area (Å²) < 4.78 is 20.2. The first-order chi connectivity index (χ1) is 15.5. The van der Waals surface area contributed by atoms with Gasteiger partial charge in [0.15, 0.2) is 24.7 Å². The van der Waals surface area contributed by atoms with Crippen LogP contribution >= 0.6 is 23.2 Å². The number of nitrogens with zero attached hydrogens (tertiary/aromatic N) is 2. The van der Waals surface area contributed by atoms with Crippen molar-refractivity contribution >= 4 is 46.3 Å². The molecule has 0 spiro atoms. The fourth-order valence-electron chi connectivity index (χ4n) is 3.21. The lowest BCUT2D eigenvalue weighted by molar-refractivity contribution is -0.170. The summed E-state index contributed by atoms with van der Waals surface area (Å²) in [6.45, 7) is 2.19. The summed E-state index contributed by atoms with van der Waals surface area (Å²) in [4.78, 5) is 23.8. The molecule has 4 heterocycles. The monoisotopic (exact) mass is 482 g/mol. The highest BCUT2D eigenvalue weighted by Gasteiger charge is 2.22. The van der Waals surface area contributed by atoms with E-state index in [0.717, 1.165) is 24.2 Å². The van der Waals surface area contributed by atoms with Gasteiger partial charge < -0.3 is 29.2 Å². The molecule has 0 radical (unpaired) electrons. The van der Waals surface area contributed by atoms with Crippen LogP contribution in [0.2, 0.25) is 0 Å². The minimum Gasteiger partial charge on any atom is -0.449 e. The molecular weight excluding hydrogens is 463 g/mol. The molecule has 0 bridgehead atoms. The fourth-order valence-corrected chi connectivity index (χ4v) is 3.73. The first-order valence-electron chi connectivity index (χ1n) is 9.93. The quantitative estimate of drug-likeness (QED) is 0.467. The average Bonchev–Trinajstić information content (AvgIpc) is 3.46. The Morgan fingerprint density at radius 2 is 1.28 bits per heavy atom. The van der Waals surface area contributed by atoms with Crippen LogP contribution < -0.4 is 10.6 Å². The zero-order valence-corrected chi connectivity index (χ0v) is 18.4. The smallest absolute Gasteiger partial charge is 0.417 e. The third kappa shape index (κ3) is 5.39. The Morgan fingerprint density at radius 1 is 0.844 bits per heavy atom. The standard InChI is InChI=1S/C20H20Cl2N4O6/c21-15-1-3-23-7-13(15)17-5-11(31-25-17)9-29-19(27)20(28)30-10-12-6-18(26-32-12)14-8-24-4-2-16(14)22/h5-6,23-24H,1-4,7-10H2. The average molecular weight is 483 g/mol. The predicted octanol–water partition coefficient (Wildman–Crippen LogP) is 2.34. The lowest BCUT2D eigenvalue weighted by Crippen LogP contribution is -2.23. The largest absolute Gasteiger partial charge is 0.449 e. The van der Waals surface area contributed by atoms with E-state index in [9.17, 15) is 9.59 Å². The first-order valence-corrected chi connectivity index (χ1v) is 10.7. The number of esters is 2. The Bertz CT molecular complexity index is 990. The zero-order valence-electron chi connectivity index (χ0n) is 16.9. The van der Waals surface area contributed by atoms with E-state index in [4.69, 9.17) is 41.7 Å². The topological polar surface area (TPSA) is 129 Å². The van der Waals surface area contributed by atoms with Gasteiger partial charge in [0, 0.05) is 59.5 Å². The van der Waals surface area contributed by atoms with Gasteiger partial charge in [-0.05, 0) is 12.8 Å². The van der Waals surface area contributed by atoms with Gasteiger partial charge in [0.05, 0.1) is 0 Å². The number of ether oxygens (including phenoxy) is 2. The SMILES string of the molecule is O=C(OCc1cc(C2=C(Cl)CCNC2)no1)C(=O)OCc1cc(C2=C(Cl)CCNC2)no1. The highest BCUT2D eigenvalue weighted by molar-refractivity contribution is 6.33. The van der Waals surface area contributed by atoms with Crippen molar-refractivity contribution in [1.29, 1.82) is 0 Å².